The molecular formula is C17H12BrF3N2O. The molecule has 0 aromatic heterocycles. The van der Waals surface area contributed by atoms with E-state index in [0.717, 1.165) is 10.5 Å². The molecular weight excluding hydrogens is 385 g/mol. The highest BCUT2D eigenvalue weighted by Gasteiger charge is 2.36. The van der Waals surface area contributed by atoms with E-state index in [1.807, 2.05) is 30.3 Å². The van der Waals surface area contributed by atoms with Crippen LogP contribution in [0, 0.1) is 0 Å². The molecule has 0 N–H and O–H groups in total. The van der Waals surface area contributed by atoms with E-state index in [9.17, 15) is 18.0 Å². The number of carbonyl (C=O) groups is 1. The Morgan fingerprint density at radius 3 is 2.50 bits per heavy atom. The lowest BCUT2D eigenvalue weighted by Gasteiger charge is -2.24. The zero-order valence-corrected chi connectivity index (χ0v) is 13.9. The Balaban J connectivity index is 2.16. The van der Waals surface area contributed by atoms with Gasteiger partial charge in [-0.3, -0.25) is 9.79 Å². The minimum atomic E-state index is -4.49. The number of rotatable bonds is 2. The summed E-state index contributed by atoms with van der Waals surface area (Å²) in [5.74, 6) is -0.679. The summed E-state index contributed by atoms with van der Waals surface area (Å²) in [6.07, 6.45) is -4.49. The van der Waals surface area contributed by atoms with Crippen molar-refractivity contribution >= 4 is 33.2 Å². The smallest absolute Gasteiger partial charge is 0.301 e. The number of fused-ring (bicyclic) bond motifs is 1. The number of nitrogens with zero attached hydrogens (tertiary/aromatic N) is 2. The maximum Gasteiger partial charge on any atom is 0.406 e. The average Bonchev–Trinajstić information content (AvgIpc) is 2.65. The Labute approximate surface area is 144 Å². The molecule has 1 heterocycles. The van der Waals surface area contributed by atoms with E-state index in [1.54, 1.807) is 12.1 Å². The number of hydrogen-bond acceptors (Lipinski definition) is 2. The largest absolute Gasteiger partial charge is 0.406 e. The number of benzene rings is 2. The molecule has 0 radical (unpaired) electrons. The number of carbonyl (C=O) groups excluding carboxylic acids is 1. The molecule has 3 rings (SSSR count). The summed E-state index contributed by atoms with van der Waals surface area (Å²) in [7, 11) is 0. The molecule has 0 aliphatic carbocycles. The Kier molecular flexibility index (Phi) is 4.45. The first-order valence-corrected chi connectivity index (χ1v) is 7.91. The van der Waals surface area contributed by atoms with Gasteiger partial charge in [0.15, 0.2) is 0 Å². The third-order valence-corrected chi connectivity index (χ3v) is 4.06. The van der Waals surface area contributed by atoms with Gasteiger partial charge < -0.3 is 4.90 Å². The van der Waals surface area contributed by atoms with Crippen molar-refractivity contribution in [1.29, 1.82) is 0 Å². The number of benzodiazepines with no additional fused rings is 1. The Hall–Kier alpha value is -2.15. The van der Waals surface area contributed by atoms with Crippen LogP contribution in [-0.4, -0.2) is 30.9 Å². The minimum Gasteiger partial charge on any atom is -0.301 e. The fourth-order valence-corrected chi connectivity index (χ4v) is 2.94. The normalized spacial score (nSPS) is 14.9. The van der Waals surface area contributed by atoms with Crippen molar-refractivity contribution in [1.82, 2.24) is 0 Å². The predicted molar refractivity (Wildman–Crippen MR) is 89.5 cm³/mol. The molecule has 124 valence electrons. The molecule has 0 atom stereocenters. The summed E-state index contributed by atoms with van der Waals surface area (Å²) in [6.45, 7) is -1.66. The predicted octanol–water partition coefficient (Wildman–Crippen LogP) is 4.20. The Morgan fingerprint density at radius 2 is 1.83 bits per heavy atom. The highest BCUT2D eigenvalue weighted by atomic mass is 79.9. The molecule has 0 saturated carbocycles. The van der Waals surface area contributed by atoms with E-state index in [0.29, 0.717) is 15.7 Å². The monoisotopic (exact) mass is 396 g/mol. The topological polar surface area (TPSA) is 32.7 Å². The number of alkyl halides is 3. The first kappa shape index (κ1) is 16.7. The summed E-state index contributed by atoms with van der Waals surface area (Å²) in [6, 6.07) is 13.9. The molecule has 0 spiro atoms. The number of amides is 1. The van der Waals surface area contributed by atoms with Crippen molar-refractivity contribution in [2.45, 2.75) is 6.18 Å². The molecule has 0 bridgehead atoms. The van der Waals surface area contributed by atoms with Crippen LogP contribution in [0.1, 0.15) is 11.1 Å². The van der Waals surface area contributed by atoms with E-state index >= 15 is 0 Å². The molecule has 0 fully saturated rings. The van der Waals surface area contributed by atoms with Gasteiger partial charge in [0.1, 0.15) is 13.1 Å². The van der Waals surface area contributed by atoms with Gasteiger partial charge in [-0.15, -0.1) is 0 Å². The highest BCUT2D eigenvalue weighted by Crippen LogP contribution is 2.31. The van der Waals surface area contributed by atoms with Crippen LogP contribution in [-0.2, 0) is 4.79 Å². The van der Waals surface area contributed by atoms with E-state index in [4.69, 9.17) is 0 Å². The molecule has 1 aliphatic heterocycles. The van der Waals surface area contributed by atoms with E-state index < -0.39 is 18.6 Å². The van der Waals surface area contributed by atoms with Gasteiger partial charge in [0.25, 0.3) is 0 Å². The van der Waals surface area contributed by atoms with Gasteiger partial charge in [0.05, 0.1) is 11.4 Å². The molecule has 3 nitrogen and oxygen atoms in total. The lowest BCUT2D eigenvalue weighted by molar-refractivity contribution is -0.131. The zero-order chi connectivity index (χ0) is 17.3. The molecule has 0 unspecified atom stereocenters. The second-order valence-electron chi connectivity index (χ2n) is 5.29. The van der Waals surface area contributed by atoms with Gasteiger partial charge in [0.2, 0.25) is 5.91 Å². The van der Waals surface area contributed by atoms with Crippen LogP contribution in [0.25, 0.3) is 0 Å². The molecule has 2 aromatic rings. The molecule has 2 aromatic carbocycles. The first-order valence-electron chi connectivity index (χ1n) is 7.12. The second kappa shape index (κ2) is 6.39. The van der Waals surface area contributed by atoms with Gasteiger partial charge in [-0.05, 0) is 18.2 Å². The average molecular weight is 397 g/mol. The fourth-order valence-electron chi connectivity index (χ4n) is 2.58. The first-order chi connectivity index (χ1) is 11.3. The maximum atomic E-state index is 12.9. The quantitative estimate of drug-likeness (QED) is 0.748. The summed E-state index contributed by atoms with van der Waals surface area (Å²) < 4.78 is 39.4. The Bertz CT molecular complexity index is 803. The number of halogens is 4. The van der Waals surface area contributed by atoms with Crippen molar-refractivity contribution in [2.24, 2.45) is 4.99 Å². The third-order valence-electron chi connectivity index (χ3n) is 3.56. The second-order valence-corrected chi connectivity index (χ2v) is 6.20. The highest BCUT2D eigenvalue weighted by molar-refractivity contribution is 9.10. The summed E-state index contributed by atoms with van der Waals surface area (Å²) in [5, 5.41) is 0. The SMILES string of the molecule is O=C1CN=C(c2ccccc2)c2cc(Br)ccc2N1CC(F)(F)F. The third kappa shape index (κ3) is 3.51. The summed E-state index contributed by atoms with van der Waals surface area (Å²) >= 11 is 3.33. The van der Waals surface area contributed by atoms with Crippen molar-refractivity contribution in [2.75, 3.05) is 18.0 Å². The van der Waals surface area contributed by atoms with Crippen LogP contribution in [0.5, 0.6) is 0 Å². The van der Waals surface area contributed by atoms with Gasteiger partial charge in [-0.1, -0.05) is 46.3 Å². The van der Waals surface area contributed by atoms with Crippen LogP contribution >= 0.6 is 15.9 Å². The van der Waals surface area contributed by atoms with E-state index in [2.05, 4.69) is 20.9 Å². The van der Waals surface area contributed by atoms with Crippen LogP contribution < -0.4 is 4.90 Å². The van der Waals surface area contributed by atoms with Crippen LogP contribution in [0.4, 0.5) is 18.9 Å². The number of anilines is 1. The van der Waals surface area contributed by atoms with E-state index in [1.165, 1.54) is 6.07 Å². The summed E-state index contributed by atoms with van der Waals surface area (Å²) in [4.78, 5) is 17.2. The molecule has 0 saturated heterocycles. The van der Waals surface area contributed by atoms with Crippen LogP contribution in [0.3, 0.4) is 0 Å². The standard InChI is InChI=1S/C17H12BrF3N2O/c18-12-6-7-14-13(8-12)16(11-4-2-1-3-5-11)22-9-15(24)23(14)10-17(19,20)21/h1-8H,9-10H2. The molecule has 1 aliphatic rings. The Morgan fingerprint density at radius 1 is 1.12 bits per heavy atom. The zero-order valence-electron chi connectivity index (χ0n) is 12.3. The molecule has 1 amide bonds. The van der Waals surface area contributed by atoms with Gasteiger partial charge in [0, 0.05) is 15.6 Å². The summed E-state index contributed by atoms with van der Waals surface area (Å²) in [5.41, 5.74) is 1.95. The molecule has 24 heavy (non-hydrogen) atoms. The van der Waals surface area contributed by atoms with E-state index in [-0.39, 0.29) is 12.2 Å². The van der Waals surface area contributed by atoms with Crippen molar-refractivity contribution in [3.05, 3.63) is 64.1 Å². The van der Waals surface area contributed by atoms with Gasteiger partial charge in [-0.2, -0.15) is 13.2 Å². The van der Waals surface area contributed by atoms with Crippen LogP contribution in [0.2, 0.25) is 0 Å². The molecule has 7 heteroatoms. The maximum absolute atomic E-state index is 12.9. The van der Waals surface area contributed by atoms with Gasteiger partial charge in [-0.25, -0.2) is 0 Å². The lowest BCUT2D eigenvalue weighted by atomic mass is 10.0. The van der Waals surface area contributed by atoms with Crippen molar-refractivity contribution in [3.63, 3.8) is 0 Å². The van der Waals surface area contributed by atoms with Crippen molar-refractivity contribution in [3.8, 4) is 0 Å². The van der Waals surface area contributed by atoms with Crippen LogP contribution in [0.15, 0.2) is 58.0 Å². The fraction of sp³-hybridized carbons (Fsp3) is 0.176. The number of aliphatic imine (C=N–C) groups is 1. The number of hydrogen-bond donors (Lipinski definition) is 0. The van der Waals surface area contributed by atoms with Crippen molar-refractivity contribution < 1.29 is 18.0 Å². The lowest BCUT2D eigenvalue weighted by Crippen LogP contribution is -2.40. The minimum absolute atomic E-state index is 0.209. The van der Waals surface area contributed by atoms with Gasteiger partial charge >= 0.3 is 6.18 Å².